The standard InChI is InChI=1S/C23H30FNO3/c1-2-28-22-9-6-19(12-20(22)15-26)14-25-11-3-10-23(16-25,17-27)13-18-4-7-21(24)8-5-18/h4-9,12,26-27H,2-3,10-11,13-17H2,1H3. The number of hydrogen-bond donors (Lipinski definition) is 2. The Kier molecular flexibility index (Phi) is 7.05. The summed E-state index contributed by atoms with van der Waals surface area (Å²) >= 11 is 0. The Labute approximate surface area is 166 Å². The van der Waals surface area contributed by atoms with E-state index in [0.29, 0.717) is 6.61 Å². The molecule has 0 saturated carbocycles. The van der Waals surface area contributed by atoms with Crippen molar-refractivity contribution in [3.8, 4) is 5.75 Å². The van der Waals surface area contributed by atoms with Gasteiger partial charge < -0.3 is 14.9 Å². The number of piperidine rings is 1. The summed E-state index contributed by atoms with van der Waals surface area (Å²) in [6.45, 7) is 5.11. The number of aliphatic hydroxyl groups is 2. The van der Waals surface area contributed by atoms with Crippen molar-refractivity contribution in [2.75, 3.05) is 26.3 Å². The summed E-state index contributed by atoms with van der Waals surface area (Å²) in [5, 5.41) is 19.8. The number of rotatable bonds is 8. The van der Waals surface area contributed by atoms with Gasteiger partial charge in [-0.15, -0.1) is 0 Å². The van der Waals surface area contributed by atoms with Crippen LogP contribution in [0, 0.1) is 11.2 Å². The Bertz CT molecular complexity index is 765. The van der Waals surface area contributed by atoms with Crippen LogP contribution in [0.2, 0.25) is 0 Å². The quantitative estimate of drug-likeness (QED) is 0.728. The van der Waals surface area contributed by atoms with Crippen LogP contribution in [-0.4, -0.2) is 41.4 Å². The van der Waals surface area contributed by atoms with Crippen LogP contribution in [0.15, 0.2) is 42.5 Å². The van der Waals surface area contributed by atoms with E-state index in [9.17, 15) is 14.6 Å². The van der Waals surface area contributed by atoms with Gasteiger partial charge in [-0.2, -0.15) is 0 Å². The number of nitrogens with zero attached hydrogens (tertiary/aromatic N) is 1. The van der Waals surface area contributed by atoms with Crippen molar-refractivity contribution in [3.05, 3.63) is 65.0 Å². The molecule has 1 unspecified atom stereocenters. The first-order valence-electron chi connectivity index (χ1n) is 10.0. The average molecular weight is 387 g/mol. The average Bonchev–Trinajstić information content (AvgIpc) is 2.71. The number of ether oxygens (including phenoxy) is 1. The van der Waals surface area contributed by atoms with Crippen LogP contribution in [0.25, 0.3) is 0 Å². The van der Waals surface area contributed by atoms with Gasteiger partial charge >= 0.3 is 0 Å². The minimum atomic E-state index is -0.234. The molecule has 0 radical (unpaired) electrons. The van der Waals surface area contributed by atoms with E-state index < -0.39 is 0 Å². The first kappa shape index (κ1) is 20.8. The van der Waals surface area contributed by atoms with E-state index in [0.717, 1.165) is 61.3 Å². The highest BCUT2D eigenvalue weighted by atomic mass is 19.1. The summed E-state index contributed by atoms with van der Waals surface area (Å²) in [7, 11) is 0. The Morgan fingerprint density at radius 3 is 2.54 bits per heavy atom. The largest absolute Gasteiger partial charge is 0.494 e. The molecule has 0 bridgehead atoms. The SMILES string of the molecule is CCOc1ccc(CN2CCCC(CO)(Cc3ccc(F)cc3)C2)cc1CO. The normalized spacial score (nSPS) is 20.3. The maximum absolute atomic E-state index is 13.2. The third-order valence-corrected chi connectivity index (χ3v) is 5.57. The van der Waals surface area contributed by atoms with Crippen molar-refractivity contribution in [1.82, 2.24) is 4.90 Å². The molecule has 1 aliphatic rings. The van der Waals surface area contributed by atoms with Crippen LogP contribution in [0.3, 0.4) is 0 Å². The summed E-state index contributed by atoms with van der Waals surface area (Å²) in [6, 6.07) is 12.6. The van der Waals surface area contributed by atoms with E-state index in [1.54, 1.807) is 0 Å². The molecule has 28 heavy (non-hydrogen) atoms. The molecule has 1 fully saturated rings. The molecule has 1 saturated heterocycles. The number of aliphatic hydroxyl groups excluding tert-OH is 2. The minimum Gasteiger partial charge on any atom is -0.494 e. The monoisotopic (exact) mass is 387 g/mol. The van der Waals surface area contributed by atoms with Crippen molar-refractivity contribution in [3.63, 3.8) is 0 Å². The molecular formula is C23H30FNO3. The second-order valence-electron chi connectivity index (χ2n) is 7.81. The Hall–Kier alpha value is -1.95. The molecule has 1 atom stereocenters. The molecule has 0 spiro atoms. The second-order valence-corrected chi connectivity index (χ2v) is 7.81. The summed E-state index contributed by atoms with van der Waals surface area (Å²) in [6.07, 6.45) is 2.72. The minimum absolute atomic E-state index is 0.0473. The Balaban J connectivity index is 1.70. The number of likely N-dealkylation sites (tertiary alicyclic amines) is 1. The molecule has 0 aromatic heterocycles. The number of benzene rings is 2. The second kappa shape index (κ2) is 9.50. The van der Waals surface area contributed by atoms with Crippen molar-refractivity contribution < 1.29 is 19.3 Å². The topological polar surface area (TPSA) is 52.9 Å². The highest BCUT2D eigenvalue weighted by Crippen LogP contribution is 2.34. The van der Waals surface area contributed by atoms with Gasteiger partial charge in [-0.05, 0) is 68.1 Å². The summed E-state index contributed by atoms with van der Waals surface area (Å²) in [4.78, 5) is 2.36. The lowest BCUT2D eigenvalue weighted by Gasteiger charge is -2.42. The fourth-order valence-corrected chi connectivity index (χ4v) is 4.22. The smallest absolute Gasteiger partial charge is 0.124 e. The zero-order valence-electron chi connectivity index (χ0n) is 16.5. The lowest BCUT2D eigenvalue weighted by atomic mass is 9.75. The Morgan fingerprint density at radius 1 is 1.11 bits per heavy atom. The molecule has 0 aliphatic carbocycles. The van der Waals surface area contributed by atoms with Crippen molar-refractivity contribution in [2.45, 2.75) is 39.3 Å². The van der Waals surface area contributed by atoms with Gasteiger partial charge in [0, 0.05) is 24.1 Å². The van der Waals surface area contributed by atoms with Crippen LogP contribution in [0.1, 0.15) is 36.5 Å². The maximum atomic E-state index is 13.2. The molecule has 1 heterocycles. The van der Waals surface area contributed by atoms with Gasteiger partial charge in [0.05, 0.1) is 19.8 Å². The molecule has 2 aromatic carbocycles. The third kappa shape index (κ3) is 5.10. The first-order chi connectivity index (χ1) is 13.6. The number of halogens is 1. The zero-order valence-corrected chi connectivity index (χ0v) is 16.5. The highest BCUT2D eigenvalue weighted by molar-refractivity contribution is 5.37. The van der Waals surface area contributed by atoms with Crippen LogP contribution < -0.4 is 4.74 Å². The van der Waals surface area contributed by atoms with Gasteiger partial charge in [-0.1, -0.05) is 18.2 Å². The van der Waals surface area contributed by atoms with E-state index in [1.807, 2.05) is 37.3 Å². The van der Waals surface area contributed by atoms with Crippen LogP contribution in [0.4, 0.5) is 4.39 Å². The predicted molar refractivity (Wildman–Crippen MR) is 108 cm³/mol. The van der Waals surface area contributed by atoms with Crippen molar-refractivity contribution >= 4 is 0 Å². The molecule has 2 aromatic rings. The molecule has 1 aliphatic heterocycles. The van der Waals surface area contributed by atoms with Crippen LogP contribution >= 0.6 is 0 Å². The van der Waals surface area contributed by atoms with E-state index in [1.165, 1.54) is 12.1 Å². The lowest BCUT2D eigenvalue weighted by Crippen LogP contribution is -2.46. The van der Waals surface area contributed by atoms with E-state index in [4.69, 9.17) is 4.74 Å². The van der Waals surface area contributed by atoms with Crippen LogP contribution in [-0.2, 0) is 19.6 Å². The fourth-order valence-electron chi connectivity index (χ4n) is 4.22. The number of hydrogen-bond acceptors (Lipinski definition) is 4. The molecule has 4 nitrogen and oxygen atoms in total. The van der Waals surface area contributed by atoms with Gasteiger partial charge in [-0.3, -0.25) is 4.90 Å². The lowest BCUT2D eigenvalue weighted by molar-refractivity contribution is 0.0288. The van der Waals surface area contributed by atoms with E-state index in [-0.39, 0.29) is 24.4 Å². The summed E-state index contributed by atoms with van der Waals surface area (Å²) in [5.74, 6) is 0.496. The highest BCUT2D eigenvalue weighted by Gasteiger charge is 2.35. The van der Waals surface area contributed by atoms with Gasteiger partial charge in [0.25, 0.3) is 0 Å². The molecule has 152 valence electrons. The zero-order chi connectivity index (χ0) is 20.0. The van der Waals surface area contributed by atoms with Gasteiger partial charge in [0.2, 0.25) is 0 Å². The van der Waals surface area contributed by atoms with Gasteiger partial charge in [0.1, 0.15) is 11.6 Å². The van der Waals surface area contributed by atoms with Gasteiger partial charge in [0.15, 0.2) is 0 Å². The van der Waals surface area contributed by atoms with Gasteiger partial charge in [-0.25, -0.2) is 4.39 Å². The molecule has 0 amide bonds. The third-order valence-electron chi connectivity index (χ3n) is 5.57. The fraction of sp³-hybridized carbons (Fsp3) is 0.478. The van der Waals surface area contributed by atoms with Crippen LogP contribution in [0.5, 0.6) is 5.75 Å². The van der Waals surface area contributed by atoms with Crippen molar-refractivity contribution in [2.24, 2.45) is 5.41 Å². The summed E-state index contributed by atoms with van der Waals surface area (Å²) in [5.41, 5.74) is 2.78. The maximum Gasteiger partial charge on any atom is 0.124 e. The molecule has 3 rings (SSSR count). The van der Waals surface area contributed by atoms with E-state index >= 15 is 0 Å². The molecule has 2 N–H and O–H groups in total. The molecular weight excluding hydrogens is 357 g/mol. The van der Waals surface area contributed by atoms with Crippen molar-refractivity contribution in [1.29, 1.82) is 0 Å². The molecule has 5 heteroatoms. The summed E-state index contributed by atoms with van der Waals surface area (Å²) < 4.78 is 18.8. The predicted octanol–water partition coefficient (Wildman–Crippen LogP) is 3.53. The first-order valence-corrected chi connectivity index (χ1v) is 10.0. The van der Waals surface area contributed by atoms with E-state index in [2.05, 4.69) is 4.90 Å². The Morgan fingerprint density at radius 2 is 1.86 bits per heavy atom.